The minimum Gasteiger partial charge on any atom is -0.477 e. The lowest BCUT2D eigenvalue weighted by molar-refractivity contribution is 0.189. The van der Waals surface area contributed by atoms with Gasteiger partial charge < -0.3 is 14.9 Å². The largest absolute Gasteiger partial charge is 0.477 e. The molecule has 1 atom stereocenters. The number of anilines is 1. The van der Waals surface area contributed by atoms with Gasteiger partial charge in [-0.15, -0.1) is 0 Å². The molecule has 0 fully saturated rings. The summed E-state index contributed by atoms with van der Waals surface area (Å²) >= 11 is 3.30. The molecule has 0 spiro atoms. The van der Waals surface area contributed by atoms with Crippen LogP contribution in [0.1, 0.15) is 18.9 Å². The molecule has 5 nitrogen and oxygen atoms in total. The van der Waals surface area contributed by atoms with E-state index in [1.54, 1.807) is 18.5 Å². The molecule has 0 aromatic carbocycles. The zero-order valence-electron chi connectivity index (χ0n) is 8.55. The maximum absolute atomic E-state index is 5.68. The first kappa shape index (κ1) is 10.9. The number of oxazole rings is 1. The van der Waals surface area contributed by atoms with E-state index in [-0.39, 0.29) is 6.10 Å². The van der Waals surface area contributed by atoms with Crippen molar-refractivity contribution in [1.29, 1.82) is 0 Å². The molecular formula is C10H10BrN3O2. The molecular weight excluding hydrogens is 274 g/mol. The molecule has 16 heavy (non-hydrogen) atoms. The van der Waals surface area contributed by atoms with Crippen LogP contribution in [0.4, 0.5) is 5.82 Å². The molecule has 2 aromatic heterocycles. The molecule has 2 N–H and O–H groups in total. The summed E-state index contributed by atoms with van der Waals surface area (Å²) in [4.78, 5) is 7.97. The third kappa shape index (κ3) is 2.33. The number of nitrogens with zero attached hydrogens (tertiary/aromatic N) is 2. The Hall–Kier alpha value is -1.56. The van der Waals surface area contributed by atoms with Gasteiger partial charge in [-0.05, 0) is 28.9 Å². The molecule has 2 aromatic rings. The summed E-state index contributed by atoms with van der Waals surface area (Å²) in [6, 6.07) is 1.75. The van der Waals surface area contributed by atoms with E-state index in [4.69, 9.17) is 14.9 Å². The SMILES string of the molecule is CC(Oc1cc(Br)cnc1N)c1ncco1. The first-order chi connectivity index (χ1) is 7.66. The lowest BCUT2D eigenvalue weighted by Gasteiger charge is -2.12. The molecule has 0 bridgehead atoms. The maximum Gasteiger partial charge on any atom is 0.235 e. The number of halogens is 1. The van der Waals surface area contributed by atoms with E-state index in [1.807, 2.05) is 6.92 Å². The second-order valence-corrected chi connectivity index (χ2v) is 4.08. The fraction of sp³-hybridized carbons (Fsp3) is 0.200. The van der Waals surface area contributed by atoms with Gasteiger partial charge in [0.05, 0.1) is 6.20 Å². The average molecular weight is 284 g/mol. The Morgan fingerprint density at radius 1 is 1.50 bits per heavy atom. The van der Waals surface area contributed by atoms with Crippen molar-refractivity contribution >= 4 is 21.7 Å². The van der Waals surface area contributed by atoms with Gasteiger partial charge in [0.2, 0.25) is 5.89 Å². The highest BCUT2D eigenvalue weighted by atomic mass is 79.9. The van der Waals surface area contributed by atoms with Crippen LogP contribution in [0.3, 0.4) is 0 Å². The Morgan fingerprint density at radius 3 is 3.00 bits per heavy atom. The highest BCUT2D eigenvalue weighted by Gasteiger charge is 2.14. The number of rotatable bonds is 3. The number of pyridine rings is 1. The van der Waals surface area contributed by atoms with Crippen LogP contribution in [0.25, 0.3) is 0 Å². The van der Waals surface area contributed by atoms with E-state index in [0.29, 0.717) is 17.5 Å². The summed E-state index contributed by atoms with van der Waals surface area (Å²) in [5.74, 6) is 1.33. The van der Waals surface area contributed by atoms with Crippen LogP contribution in [0.15, 0.2) is 33.6 Å². The minimum absolute atomic E-state index is 0.312. The zero-order chi connectivity index (χ0) is 11.5. The third-order valence-electron chi connectivity index (χ3n) is 1.95. The number of aromatic nitrogens is 2. The smallest absolute Gasteiger partial charge is 0.235 e. The van der Waals surface area contributed by atoms with Gasteiger partial charge in [-0.25, -0.2) is 9.97 Å². The van der Waals surface area contributed by atoms with Crippen LogP contribution in [-0.2, 0) is 0 Å². The molecule has 84 valence electrons. The van der Waals surface area contributed by atoms with Crippen LogP contribution in [0.5, 0.6) is 5.75 Å². The summed E-state index contributed by atoms with van der Waals surface area (Å²) in [6.07, 6.45) is 4.36. The quantitative estimate of drug-likeness (QED) is 0.937. The Morgan fingerprint density at radius 2 is 2.31 bits per heavy atom. The second kappa shape index (κ2) is 4.52. The van der Waals surface area contributed by atoms with Crippen LogP contribution >= 0.6 is 15.9 Å². The highest BCUT2D eigenvalue weighted by Crippen LogP contribution is 2.27. The predicted molar refractivity (Wildman–Crippen MR) is 61.9 cm³/mol. The number of nitrogens with two attached hydrogens (primary N) is 1. The third-order valence-corrected chi connectivity index (χ3v) is 2.39. The van der Waals surface area contributed by atoms with Gasteiger partial charge in [0.15, 0.2) is 17.7 Å². The normalized spacial score (nSPS) is 12.4. The van der Waals surface area contributed by atoms with E-state index in [0.717, 1.165) is 4.47 Å². The highest BCUT2D eigenvalue weighted by molar-refractivity contribution is 9.10. The molecule has 1 unspecified atom stereocenters. The Bertz CT molecular complexity index is 473. The van der Waals surface area contributed by atoms with E-state index in [2.05, 4.69) is 25.9 Å². The monoisotopic (exact) mass is 283 g/mol. The van der Waals surface area contributed by atoms with Gasteiger partial charge >= 0.3 is 0 Å². The van der Waals surface area contributed by atoms with Gasteiger partial charge in [-0.2, -0.15) is 0 Å². The molecule has 0 saturated carbocycles. The Labute approximate surface area is 101 Å². The van der Waals surface area contributed by atoms with Crippen molar-refractivity contribution in [3.8, 4) is 5.75 Å². The van der Waals surface area contributed by atoms with Crippen molar-refractivity contribution in [2.75, 3.05) is 5.73 Å². The van der Waals surface area contributed by atoms with Gasteiger partial charge in [-0.3, -0.25) is 0 Å². The summed E-state index contributed by atoms with van der Waals surface area (Å²) in [7, 11) is 0. The van der Waals surface area contributed by atoms with Crippen LogP contribution < -0.4 is 10.5 Å². The fourth-order valence-electron chi connectivity index (χ4n) is 1.20. The summed E-state index contributed by atoms with van der Waals surface area (Å²) < 4.78 is 11.5. The molecule has 0 aliphatic heterocycles. The first-order valence-corrected chi connectivity index (χ1v) is 5.43. The van der Waals surface area contributed by atoms with E-state index >= 15 is 0 Å². The zero-order valence-corrected chi connectivity index (χ0v) is 10.1. The number of nitrogen functional groups attached to an aromatic ring is 1. The van der Waals surface area contributed by atoms with Crippen LogP contribution in [0.2, 0.25) is 0 Å². The molecule has 0 aliphatic carbocycles. The van der Waals surface area contributed by atoms with Crippen molar-refractivity contribution in [3.63, 3.8) is 0 Å². The second-order valence-electron chi connectivity index (χ2n) is 3.17. The Kier molecular flexibility index (Phi) is 3.09. The molecule has 2 rings (SSSR count). The summed E-state index contributed by atoms with van der Waals surface area (Å²) in [5, 5.41) is 0. The lowest BCUT2D eigenvalue weighted by atomic mass is 10.4. The molecule has 0 saturated heterocycles. The van der Waals surface area contributed by atoms with Crippen molar-refractivity contribution < 1.29 is 9.15 Å². The van der Waals surface area contributed by atoms with Crippen molar-refractivity contribution in [2.45, 2.75) is 13.0 Å². The van der Waals surface area contributed by atoms with E-state index in [1.165, 1.54) is 6.26 Å². The van der Waals surface area contributed by atoms with Crippen LogP contribution in [0, 0.1) is 0 Å². The molecule has 2 heterocycles. The van der Waals surface area contributed by atoms with Gasteiger partial charge in [0.1, 0.15) is 6.26 Å². The molecule has 0 amide bonds. The number of hydrogen-bond donors (Lipinski definition) is 1. The standard InChI is InChI=1S/C10H10BrN3O2/c1-6(10-13-2-3-15-10)16-8-4-7(11)5-14-9(8)12/h2-6H,1H3,(H2,12,14). The molecule has 6 heteroatoms. The van der Waals surface area contributed by atoms with Gasteiger partial charge in [-0.1, -0.05) is 0 Å². The topological polar surface area (TPSA) is 74.2 Å². The minimum atomic E-state index is -0.312. The summed E-state index contributed by atoms with van der Waals surface area (Å²) in [5.41, 5.74) is 5.68. The van der Waals surface area contributed by atoms with Crippen molar-refractivity contribution in [2.24, 2.45) is 0 Å². The van der Waals surface area contributed by atoms with E-state index in [9.17, 15) is 0 Å². The van der Waals surface area contributed by atoms with Gasteiger partial charge in [0.25, 0.3) is 0 Å². The van der Waals surface area contributed by atoms with Crippen LogP contribution in [-0.4, -0.2) is 9.97 Å². The first-order valence-electron chi connectivity index (χ1n) is 4.64. The van der Waals surface area contributed by atoms with Crippen molar-refractivity contribution in [1.82, 2.24) is 9.97 Å². The Balaban J connectivity index is 2.17. The lowest BCUT2D eigenvalue weighted by Crippen LogP contribution is -2.06. The number of hydrogen-bond acceptors (Lipinski definition) is 5. The van der Waals surface area contributed by atoms with Gasteiger partial charge in [0, 0.05) is 10.7 Å². The fourth-order valence-corrected chi connectivity index (χ4v) is 1.51. The predicted octanol–water partition coefficient (Wildman–Crippen LogP) is 2.55. The van der Waals surface area contributed by atoms with E-state index < -0.39 is 0 Å². The number of ether oxygens (including phenoxy) is 1. The molecule has 0 radical (unpaired) electrons. The van der Waals surface area contributed by atoms with Crippen molar-refractivity contribution in [3.05, 3.63) is 35.1 Å². The molecule has 0 aliphatic rings. The maximum atomic E-state index is 5.68. The average Bonchev–Trinajstić information content (AvgIpc) is 2.76. The summed E-state index contributed by atoms with van der Waals surface area (Å²) in [6.45, 7) is 1.83.